The third-order valence-electron chi connectivity index (χ3n) is 3.52. The second kappa shape index (κ2) is 7.10. The van der Waals surface area contributed by atoms with Crippen LogP contribution in [0.5, 0.6) is 0 Å². The maximum absolute atomic E-state index is 12.0. The lowest BCUT2D eigenvalue weighted by Crippen LogP contribution is -2.26. The van der Waals surface area contributed by atoms with Gasteiger partial charge in [0, 0.05) is 11.9 Å². The molecule has 1 aliphatic rings. The van der Waals surface area contributed by atoms with E-state index >= 15 is 0 Å². The Morgan fingerprint density at radius 3 is 2.80 bits per heavy atom. The molecule has 1 aromatic rings. The van der Waals surface area contributed by atoms with Crippen LogP contribution in [0.15, 0.2) is 30.0 Å². The normalized spacial score (nSPS) is 14.8. The molecule has 1 aromatic carbocycles. The van der Waals surface area contributed by atoms with Gasteiger partial charge in [0.15, 0.2) is 0 Å². The number of carbonyl (C=O) groups excluding carboxylic acids is 1. The Labute approximate surface area is 120 Å². The van der Waals surface area contributed by atoms with Crippen LogP contribution in [0.4, 0.5) is 10.5 Å². The van der Waals surface area contributed by atoms with E-state index in [9.17, 15) is 4.79 Å². The van der Waals surface area contributed by atoms with E-state index in [1.807, 2.05) is 31.3 Å². The summed E-state index contributed by atoms with van der Waals surface area (Å²) in [5.41, 5.74) is 4.38. The number of hydrogen-bond acceptors (Lipinski definition) is 2. The van der Waals surface area contributed by atoms with E-state index in [1.54, 1.807) is 0 Å². The monoisotopic (exact) mass is 274 g/mol. The molecule has 4 heteroatoms. The molecule has 0 atom stereocenters. The summed E-state index contributed by atoms with van der Waals surface area (Å²) in [4.78, 5) is 12.0. The maximum Gasteiger partial charge on any atom is 0.323 e. The van der Waals surface area contributed by atoms with E-state index in [2.05, 4.69) is 17.6 Å². The number of benzene rings is 1. The molecular weight excluding hydrogens is 252 g/mol. The largest absolute Gasteiger partial charge is 0.381 e. The lowest BCUT2D eigenvalue weighted by atomic mass is 10.1. The second-order valence-electron chi connectivity index (χ2n) is 4.98. The number of ether oxygens (including phenoxy) is 1. The Bertz CT molecular complexity index is 501. The van der Waals surface area contributed by atoms with Gasteiger partial charge in [0.2, 0.25) is 0 Å². The van der Waals surface area contributed by atoms with Crippen LogP contribution in [-0.4, -0.2) is 19.2 Å². The van der Waals surface area contributed by atoms with Crippen molar-refractivity contribution in [1.82, 2.24) is 5.32 Å². The van der Waals surface area contributed by atoms with Gasteiger partial charge in [-0.25, -0.2) is 4.79 Å². The number of hydrogen-bond donors (Lipinski definition) is 2. The third kappa shape index (κ3) is 3.84. The molecule has 2 amide bonds. The summed E-state index contributed by atoms with van der Waals surface area (Å²) in [7, 11) is 0. The molecule has 4 nitrogen and oxygen atoms in total. The summed E-state index contributed by atoms with van der Waals surface area (Å²) in [6, 6.07) is 5.87. The van der Waals surface area contributed by atoms with Crippen LogP contribution in [0.1, 0.15) is 30.9 Å². The van der Waals surface area contributed by atoms with Gasteiger partial charge in [0.05, 0.1) is 13.2 Å². The van der Waals surface area contributed by atoms with E-state index in [0.29, 0.717) is 0 Å². The molecule has 1 aliphatic heterocycles. The molecule has 2 rings (SSSR count). The minimum absolute atomic E-state index is 0.187. The van der Waals surface area contributed by atoms with Crippen LogP contribution in [0.3, 0.4) is 0 Å². The van der Waals surface area contributed by atoms with Gasteiger partial charge in [0.1, 0.15) is 0 Å². The summed E-state index contributed by atoms with van der Waals surface area (Å²) in [5.74, 6) is 0. The van der Waals surface area contributed by atoms with Crippen molar-refractivity contribution in [2.24, 2.45) is 0 Å². The highest BCUT2D eigenvalue weighted by molar-refractivity contribution is 5.91. The molecule has 1 heterocycles. The Hall–Kier alpha value is -1.81. The van der Waals surface area contributed by atoms with E-state index in [0.717, 1.165) is 49.3 Å². The zero-order chi connectivity index (χ0) is 14.4. The average Bonchev–Trinajstić information content (AvgIpc) is 2.48. The van der Waals surface area contributed by atoms with E-state index in [1.165, 1.54) is 5.57 Å². The van der Waals surface area contributed by atoms with Gasteiger partial charge in [-0.15, -0.1) is 0 Å². The van der Waals surface area contributed by atoms with Crippen LogP contribution in [-0.2, 0) is 11.2 Å². The van der Waals surface area contributed by atoms with Gasteiger partial charge in [-0.05, 0) is 42.9 Å². The van der Waals surface area contributed by atoms with Crippen molar-refractivity contribution in [2.45, 2.75) is 33.1 Å². The van der Waals surface area contributed by atoms with Crippen LogP contribution in [0.25, 0.3) is 0 Å². The number of para-hydroxylation sites is 1. The van der Waals surface area contributed by atoms with Crippen molar-refractivity contribution in [3.63, 3.8) is 0 Å². The van der Waals surface area contributed by atoms with Crippen molar-refractivity contribution in [1.29, 1.82) is 0 Å². The SMILES string of the molecule is CCc1cccc(C)c1NC(=O)NC=C1CCOCC1. The van der Waals surface area contributed by atoms with Crippen molar-refractivity contribution in [3.05, 3.63) is 41.1 Å². The number of anilines is 1. The minimum Gasteiger partial charge on any atom is -0.381 e. The molecule has 108 valence electrons. The smallest absolute Gasteiger partial charge is 0.323 e. The van der Waals surface area contributed by atoms with Crippen LogP contribution in [0, 0.1) is 6.92 Å². The standard InChI is InChI=1S/C16H22N2O2/c1-3-14-6-4-5-12(2)15(14)18-16(19)17-11-13-7-9-20-10-8-13/h4-6,11H,3,7-10H2,1-2H3,(H2,17,18,19). The molecule has 0 radical (unpaired) electrons. The predicted octanol–water partition coefficient (Wildman–Crippen LogP) is 3.37. The van der Waals surface area contributed by atoms with Crippen molar-refractivity contribution in [2.75, 3.05) is 18.5 Å². The summed E-state index contributed by atoms with van der Waals surface area (Å²) < 4.78 is 5.28. The Morgan fingerprint density at radius 2 is 2.10 bits per heavy atom. The molecule has 20 heavy (non-hydrogen) atoms. The number of amides is 2. The zero-order valence-electron chi connectivity index (χ0n) is 12.2. The van der Waals surface area contributed by atoms with Crippen LogP contribution in [0.2, 0.25) is 0 Å². The maximum atomic E-state index is 12.0. The van der Waals surface area contributed by atoms with Gasteiger partial charge in [-0.1, -0.05) is 25.1 Å². The lowest BCUT2D eigenvalue weighted by Gasteiger charge is -2.15. The molecule has 0 spiro atoms. The van der Waals surface area contributed by atoms with E-state index in [-0.39, 0.29) is 6.03 Å². The Kier molecular flexibility index (Phi) is 5.18. The summed E-state index contributed by atoms with van der Waals surface area (Å²) in [6.45, 7) is 5.58. The molecule has 2 N–H and O–H groups in total. The van der Waals surface area contributed by atoms with E-state index < -0.39 is 0 Å². The number of urea groups is 1. The summed E-state index contributed by atoms with van der Waals surface area (Å²) in [5, 5.41) is 5.76. The molecular formula is C16H22N2O2. The fourth-order valence-electron chi connectivity index (χ4n) is 2.30. The van der Waals surface area contributed by atoms with Crippen molar-refractivity contribution < 1.29 is 9.53 Å². The summed E-state index contributed by atoms with van der Waals surface area (Å²) >= 11 is 0. The molecule has 1 saturated heterocycles. The minimum atomic E-state index is -0.187. The van der Waals surface area contributed by atoms with Gasteiger partial charge >= 0.3 is 6.03 Å². The number of rotatable bonds is 3. The van der Waals surface area contributed by atoms with Gasteiger partial charge in [-0.3, -0.25) is 0 Å². The number of aryl methyl sites for hydroxylation is 2. The van der Waals surface area contributed by atoms with E-state index in [4.69, 9.17) is 4.74 Å². The lowest BCUT2D eigenvalue weighted by molar-refractivity contribution is 0.119. The molecule has 0 aliphatic carbocycles. The topological polar surface area (TPSA) is 50.4 Å². The first-order valence-electron chi connectivity index (χ1n) is 7.12. The first-order chi connectivity index (χ1) is 9.70. The quantitative estimate of drug-likeness (QED) is 0.887. The molecule has 0 aromatic heterocycles. The Balaban J connectivity index is 1.97. The first kappa shape index (κ1) is 14.6. The van der Waals surface area contributed by atoms with Gasteiger partial charge < -0.3 is 15.4 Å². The van der Waals surface area contributed by atoms with Crippen LogP contribution < -0.4 is 10.6 Å². The first-order valence-corrected chi connectivity index (χ1v) is 7.12. The average molecular weight is 274 g/mol. The third-order valence-corrected chi connectivity index (χ3v) is 3.52. The predicted molar refractivity (Wildman–Crippen MR) is 80.8 cm³/mol. The van der Waals surface area contributed by atoms with Gasteiger partial charge in [0.25, 0.3) is 0 Å². The Morgan fingerprint density at radius 1 is 1.35 bits per heavy atom. The highest BCUT2D eigenvalue weighted by atomic mass is 16.5. The zero-order valence-corrected chi connectivity index (χ0v) is 12.2. The molecule has 0 bridgehead atoms. The number of carbonyl (C=O) groups is 1. The number of nitrogens with one attached hydrogen (secondary N) is 2. The summed E-state index contributed by atoms with van der Waals surface area (Å²) in [6.07, 6.45) is 4.49. The van der Waals surface area contributed by atoms with Crippen molar-refractivity contribution in [3.8, 4) is 0 Å². The van der Waals surface area contributed by atoms with Crippen LogP contribution >= 0.6 is 0 Å². The van der Waals surface area contributed by atoms with Gasteiger partial charge in [-0.2, -0.15) is 0 Å². The van der Waals surface area contributed by atoms with Crippen molar-refractivity contribution >= 4 is 11.7 Å². The fraction of sp³-hybridized carbons (Fsp3) is 0.438. The highest BCUT2D eigenvalue weighted by Gasteiger charge is 2.09. The molecule has 0 unspecified atom stereocenters. The molecule has 0 saturated carbocycles. The fourth-order valence-corrected chi connectivity index (χ4v) is 2.30. The second-order valence-corrected chi connectivity index (χ2v) is 4.98. The molecule has 1 fully saturated rings. The highest BCUT2D eigenvalue weighted by Crippen LogP contribution is 2.20.